The Bertz CT molecular complexity index is 1260. The number of fused-ring (bicyclic) bond motifs is 1. The molecule has 0 aliphatic carbocycles. The van der Waals surface area contributed by atoms with Crippen LogP contribution in [0.3, 0.4) is 0 Å². The lowest BCUT2D eigenvalue weighted by atomic mass is 9.75. The Labute approximate surface area is 204 Å². The van der Waals surface area contributed by atoms with Gasteiger partial charge in [0.15, 0.2) is 0 Å². The van der Waals surface area contributed by atoms with Crippen molar-refractivity contribution in [2.24, 2.45) is 0 Å². The molecule has 1 heterocycles. The van der Waals surface area contributed by atoms with E-state index in [1.165, 1.54) is 27.8 Å². The van der Waals surface area contributed by atoms with Crippen molar-refractivity contribution >= 4 is 16.6 Å². The van der Waals surface area contributed by atoms with Crippen molar-refractivity contribution in [3.05, 3.63) is 94.7 Å². The number of anilines is 1. The highest BCUT2D eigenvalue weighted by molar-refractivity contribution is 5.85. The van der Waals surface area contributed by atoms with Gasteiger partial charge in [-0.1, -0.05) is 84.0 Å². The minimum atomic E-state index is -0.181. The van der Waals surface area contributed by atoms with Gasteiger partial charge in [0.2, 0.25) is 0 Å². The van der Waals surface area contributed by atoms with Crippen molar-refractivity contribution in [3.63, 3.8) is 0 Å². The SMILES string of the molecule is CN(C)c1ccc(C(c2cc(C(C)(C)C)c(O)c(C(C)(C)C)c2)c2c[nH]c3ccccc23)cc1. The summed E-state index contributed by atoms with van der Waals surface area (Å²) in [5, 5.41) is 12.6. The number of nitrogens with zero attached hydrogens (tertiary/aromatic N) is 1. The Hall–Kier alpha value is -3.20. The van der Waals surface area contributed by atoms with Gasteiger partial charge in [-0.15, -0.1) is 0 Å². The van der Waals surface area contributed by atoms with Crippen LogP contribution in [-0.4, -0.2) is 24.2 Å². The number of rotatable bonds is 4. The third-order valence-electron chi connectivity index (χ3n) is 6.76. The lowest BCUT2D eigenvalue weighted by Crippen LogP contribution is -2.19. The van der Waals surface area contributed by atoms with Gasteiger partial charge in [0.05, 0.1) is 0 Å². The van der Waals surface area contributed by atoms with E-state index in [0.29, 0.717) is 5.75 Å². The predicted octanol–water partition coefficient (Wildman–Crippen LogP) is 7.71. The zero-order valence-electron chi connectivity index (χ0n) is 21.8. The second kappa shape index (κ2) is 8.54. The molecule has 2 N–H and O–H groups in total. The van der Waals surface area contributed by atoms with Crippen molar-refractivity contribution in [1.82, 2.24) is 4.98 Å². The second-order valence-electron chi connectivity index (χ2n) is 11.7. The summed E-state index contributed by atoms with van der Waals surface area (Å²) in [4.78, 5) is 5.61. The van der Waals surface area contributed by atoms with E-state index >= 15 is 0 Å². The van der Waals surface area contributed by atoms with E-state index < -0.39 is 0 Å². The molecule has 1 atom stereocenters. The monoisotopic (exact) mass is 454 g/mol. The van der Waals surface area contributed by atoms with Gasteiger partial charge in [-0.25, -0.2) is 0 Å². The Morgan fingerprint density at radius 2 is 1.32 bits per heavy atom. The van der Waals surface area contributed by atoms with Gasteiger partial charge in [0.1, 0.15) is 5.75 Å². The molecular formula is C31H38N2O. The molecule has 0 bridgehead atoms. The fourth-order valence-corrected chi connectivity index (χ4v) is 4.82. The molecule has 0 fully saturated rings. The van der Waals surface area contributed by atoms with E-state index in [2.05, 4.69) is 132 Å². The van der Waals surface area contributed by atoms with E-state index in [1.54, 1.807) is 0 Å². The van der Waals surface area contributed by atoms with Crippen LogP contribution in [0.25, 0.3) is 10.9 Å². The van der Waals surface area contributed by atoms with Crippen LogP contribution in [0.15, 0.2) is 66.9 Å². The molecule has 1 unspecified atom stereocenters. The van der Waals surface area contributed by atoms with E-state index in [-0.39, 0.29) is 16.7 Å². The highest BCUT2D eigenvalue weighted by Crippen LogP contribution is 2.44. The number of phenols is 1. The molecular weight excluding hydrogens is 416 g/mol. The summed E-state index contributed by atoms with van der Waals surface area (Å²) in [5.74, 6) is 0.458. The maximum atomic E-state index is 11.3. The molecule has 0 spiro atoms. The predicted molar refractivity (Wildman–Crippen MR) is 146 cm³/mol. The number of hydrogen-bond acceptors (Lipinski definition) is 2. The molecule has 0 aliphatic rings. The number of phenolic OH excluding ortho intramolecular Hbond substituents is 1. The number of aromatic nitrogens is 1. The van der Waals surface area contributed by atoms with Gasteiger partial charge >= 0.3 is 0 Å². The molecule has 0 amide bonds. The summed E-state index contributed by atoms with van der Waals surface area (Å²) in [6, 6.07) is 21.8. The number of H-pyrrole nitrogens is 1. The molecule has 3 nitrogen and oxygen atoms in total. The minimum absolute atomic E-state index is 0.0372. The smallest absolute Gasteiger partial charge is 0.123 e. The van der Waals surface area contributed by atoms with Crippen LogP contribution in [0.5, 0.6) is 5.75 Å². The first-order valence-corrected chi connectivity index (χ1v) is 12.1. The first-order chi connectivity index (χ1) is 15.9. The lowest BCUT2D eigenvalue weighted by Gasteiger charge is -2.30. The fourth-order valence-electron chi connectivity index (χ4n) is 4.82. The van der Waals surface area contributed by atoms with Crippen LogP contribution >= 0.6 is 0 Å². The van der Waals surface area contributed by atoms with E-state index in [9.17, 15) is 5.11 Å². The Balaban J connectivity index is 2.03. The summed E-state index contributed by atoms with van der Waals surface area (Å²) < 4.78 is 0. The highest BCUT2D eigenvalue weighted by atomic mass is 16.3. The largest absolute Gasteiger partial charge is 0.507 e. The molecule has 0 aliphatic heterocycles. The third-order valence-corrected chi connectivity index (χ3v) is 6.76. The molecule has 0 saturated heterocycles. The van der Waals surface area contributed by atoms with Gasteiger partial charge in [0.25, 0.3) is 0 Å². The first kappa shape index (κ1) is 23.9. The quantitative estimate of drug-likeness (QED) is 0.331. The van der Waals surface area contributed by atoms with E-state index in [4.69, 9.17) is 0 Å². The van der Waals surface area contributed by atoms with Crippen LogP contribution in [0.1, 0.15) is 75.3 Å². The highest BCUT2D eigenvalue weighted by Gasteiger charge is 2.30. The number of aromatic amines is 1. The maximum absolute atomic E-state index is 11.3. The van der Waals surface area contributed by atoms with Crippen molar-refractivity contribution in [2.45, 2.75) is 58.3 Å². The van der Waals surface area contributed by atoms with Gasteiger partial charge in [-0.05, 0) is 56.8 Å². The normalized spacial score (nSPS) is 13.3. The minimum Gasteiger partial charge on any atom is -0.507 e. The summed E-state index contributed by atoms with van der Waals surface area (Å²) in [6.45, 7) is 13.0. The van der Waals surface area contributed by atoms with Crippen molar-refractivity contribution in [1.29, 1.82) is 0 Å². The van der Waals surface area contributed by atoms with Crippen molar-refractivity contribution in [2.75, 3.05) is 19.0 Å². The van der Waals surface area contributed by atoms with Crippen LogP contribution in [0.4, 0.5) is 5.69 Å². The zero-order valence-corrected chi connectivity index (χ0v) is 21.8. The maximum Gasteiger partial charge on any atom is 0.123 e. The van der Waals surface area contributed by atoms with Crippen LogP contribution in [-0.2, 0) is 10.8 Å². The average Bonchev–Trinajstić information content (AvgIpc) is 3.17. The number of benzene rings is 3. The summed E-state index contributed by atoms with van der Waals surface area (Å²) in [5.41, 5.74) is 7.62. The third kappa shape index (κ3) is 4.44. The van der Waals surface area contributed by atoms with Gasteiger partial charge in [0, 0.05) is 42.8 Å². The van der Waals surface area contributed by atoms with Gasteiger partial charge < -0.3 is 15.0 Å². The molecule has 34 heavy (non-hydrogen) atoms. The van der Waals surface area contributed by atoms with E-state index in [0.717, 1.165) is 16.6 Å². The molecule has 1 aromatic heterocycles. The Morgan fingerprint density at radius 3 is 1.85 bits per heavy atom. The van der Waals surface area contributed by atoms with E-state index in [1.807, 2.05) is 0 Å². The first-order valence-electron chi connectivity index (χ1n) is 12.1. The zero-order chi connectivity index (χ0) is 24.8. The number of aromatic hydroxyl groups is 1. The molecule has 4 rings (SSSR count). The molecule has 0 radical (unpaired) electrons. The fraction of sp³-hybridized carbons (Fsp3) is 0.355. The molecule has 3 heteroatoms. The second-order valence-corrected chi connectivity index (χ2v) is 11.7. The van der Waals surface area contributed by atoms with Crippen LogP contribution in [0, 0.1) is 0 Å². The summed E-state index contributed by atoms with van der Waals surface area (Å²) in [6.07, 6.45) is 2.15. The average molecular weight is 455 g/mol. The Morgan fingerprint density at radius 1 is 0.765 bits per heavy atom. The van der Waals surface area contributed by atoms with Gasteiger partial charge in [-0.2, -0.15) is 0 Å². The number of para-hydroxylation sites is 1. The van der Waals surface area contributed by atoms with Crippen molar-refractivity contribution in [3.8, 4) is 5.75 Å². The van der Waals surface area contributed by atoms with Crippen LogP contribution < -0.4 is 4.90 Å². The summed E-state index contributed by atoms with van der Waals surface area (Å²) in [7, 11) is 4.13. The molecule has 3 aromatic carbocycles. The van der Waals surface area contributed by atoms with Crippen LogP contribution in [0.2, 0.25) is 0 Å². The Kier molecular flexibility index (Phi) is 6.01. The number of hydrogen-bond donors (Lipinski definition) is 2. The topological polar surface area (TPSA) is 39.3 Å². The van der Waals surface area contributed by atoms with Crippen molar-refractivity contribution < 1.29 is 5.11 Å². The molecule has 178 valence electrons. The molecule has 0 saturated carbocycles. The summed E-state index contributed by atoms with van der Waals surface area (Å²) >= 11 is 0. The van der Waals surface area contributed by atoms with Gasteiger partial charge in [-0.3, -0.25) is 0 Å². The standard InChI is InChI=1S/C31H38N2O/c1-30(2,3)25-17-21(18-26(29(25)34)31(4,5)6)28(20-13-15-22(16-14-20)33(7)8)24-19-32-27-12-10-9-11-23(24)27/h9-19,28,32,34H,1-8H3. The number of nitrogens with one attached hydrogen (secondary N) is 1. The lowest BCUT2D eigenvalue weighted by molar-refractivity contribution is 0.422. The molecule has 4 aromatic rings.